The molecule has 0 aromatic rings. The summed E-state index contributed by atoms with van der Waals surface area (Å²) in [6.07, 6.45) is 2.04. The molecule has 0 atom stereocenters. The maximum absolute atomic E-state index is 11.1. The van der Waals surface area contributed by atoms with Crippen LogP contribution in [0.2, 0.25) is 0 Å². The van der Waals surface area contributed by atoms with Gasteiger partial charge in [-0.2, -0.15) is 0 Å². The third-order valence-corrected chi connectivity index (χ3v) is 2.06. The Morgan fingerprint density at radius 1 is 1.55 bits per heavy atom. The Morgan fingerprint density at radius 3 is 2.55 bits per heavy atom. The summed E-state index contributed by atoms with van der Waals surface area (Å²) in [5.74, 6) is 0.142. The van der Waals surface area contributed by atoms with Gasteiger partial charge < -0.3 is 5.41 Å². The van der Waals surface area contributed by atoms with Crippen LogP contribution in [0.15, 0.2) is 11.6 Å². The lowest BCUT2D eigenvalue weighted by Crippen LogP contribution is -2.31. The van der Waals surface area contributed by atoms with E-state index < -0.39 is 0 Å². The van der Waals surface area contributed by atoms with Crippen molar-refractivity contribution < 1.29 is 4.79 Å². The van der Waals surface area contributed by atoms with E-state index in [1.165, 1.54) is 0 Å². The molecule has 0 aromatic heterocycles. The van der Waals surface area contributed by atoms with Crippen LogP contribution in [0.1, 0.15) is 27.2 Å². The van der Waals surface area contributed by atoms with Gasteiger partial charge in [0.25, 0.3) is 0 Å². The lowest BCUT2D eigenvalue weighted by Gasteiger charge is -2.28. The Balaban J connectivity index is 3.05. The largest absolute Gasteiger partial charge is 0.304 e. The number of hydrogen-bond donors (Lipinski definition) is 1. The molecule has 2 heteroatoms. The molecule has 11 heavy (non-hydrogen) atoms. The number of carbonyl (C=O) groups excluding carboxylic acids is 1. The van der Waals surface area contributed by atoms with E-state index in [9.17, 15) is 4.79 Å². The third-order valence-electron chi connectivity index (χ3n) is 2.06. The van der Waals surface area contributed by atoms with Crippen molar-refractivity contribution in [1.29, 1.82) is 5.41 Å². The van der Waals surface area contributed by atoms with E-state index in [1.54, 1.807) is 6.08 Å². The average Bonchev–Trinajstić information content (AvgIpc) is 1.81. The average molecular weight is 151 g/mol. The highest BCUT2D eigenvalue weighted by Gasteiger charge is 2.30. The van der Waals surface area contributed by atoms with E-state index in [0.717, 1.165) is 5.57 Å². The molecule has 0 fully saturated rings. The molecule has 1 rings (SSSR count). The molecular formula is C9H13NO. The van der Waals surface area contributed by atoms with Gasteiger partial charge in [0.15, 0.2) is 5.78 Å². The van der Waals surface area contributed by atoms with Gasteiger partial charge in [0.2, 0.25) is 0 Å². The van der Waals surface area contributed by atoms with Gasteiger partial charge in [0.05, 0.1) is 0 Å². The van der Waals surface area contributed by atoms with Crippen molar-refractivity contribution >= 4 is 11.5 Å². The summed E-state index contributed by atoms with van der Waals surface area (Å²) in [6, 6.07) is 0. The van der Waals surface area contributed by atoms with Gasteiger partial charge >= 0.3 is 0 Å². The highest BCUT2D eigenvalue weighted by Crippen LogP contribution is 2.29. The zero-order valence-electron chi connectivity index (χ0n) is 7.19. The molecule has 1 aliphatic carbocycles. The van der Waals surface area contributed by atoms with Crippen LogP contribution >= 0.6 is 0 Å². The van der Waals surface area contributed by atoms with Crippen LogP contribution < -0.4 is 0 Å². The predicted octanol–water partition coefficient (Wildman–Crippen LogP) is 1.95. The van der Waals surface area contributed by atoms with Crippen LogP contribution in [0.4, 0.5) is 0 Å². The fourth-order valence-electron chi connectivity index (χ4n) is 1.42. The Morgan fingerprint density at radius 2 is 2.09 bits per heavy atom. The Hall–Kier alpha value is -0.920. The fourth-order valence-corrected chi connectivity index (χ4v) is 1.42. The first-order valence-electron chi connectivity index (χ1n) is 3.74. The quantitative estimate of drug-likeness (QED) is 0.564. The number of carbonyl (C=O) groups is 1. The summed E-state index contributed by atoms with van der Waals surface area (Å²) < 4.78 is 0. The lowest BCUT2D eigenvalue weighted by molar-refractivity contribution is -0.115. The van der Waals surface area contributed by atoms with E-state index in [1.807, 2.05) is 20.8 Å². The fraction of sp³-hybridized carbons (Fsp3) is 0.556. The first-order chi connectivity index (χ1) is 4.93. The molecule has 1 aliphatic rings. The standard InChI is InChI=1S/C9H13NO/c1-6-4-7(11)5-9(2,3)8(6)10/h4,10H,5H2,1-3H3. The SMILES string of the molecule is CC1=CC(=O)CC(C)(C)C1=N. The van der Waals surface area contributed by atoms with E-state index >= 15 is 0 Å². The third kappa shape index (κ3) is 1.39. The summed E-state index contributed by atoms with van der Waals surface area (Å²) in [4.78, 5) is 11.1. The summed E-state index contributed by atoms with van der Waals surface area (Å²) in [5.41, 5.74) is 1.15. The molecule has 0 saturated heterocycles. The Bertz CT molecular complexity index is 248. The van der Waals surface area contributed by atoms with Gasteiger partial charge in [-0.15, -0.1) is 0 Å². The minimum Gasteiger partial charge on any atom is -0.304 e. The molecule has 0 bridgehead atoms. The molecule has 0 aromatic carbocycles. The van der Waals surface area contributed by atoms with E-state index in [2.05, 4.69) is 0 Å². The van der Waals surface area contributed by atoms with Crippen LogP contribution in [0.5, 0.6) is 0 Å². The van der Waals surface area contributed by atoms with Crippen LogP contribution in [-0.4, -0.2) is 11.5 Å². The van der Waals surface area contributed by atoms with Crippen molar-refractivity contribution in [2.75, 3.05) is 0 Å². The monoisotopic (exact) mass is 151 g/mol. The zero-order valence-corrected chi connectivity index (χ0v) is 7.19. The molecule has 1 N–H and O–H groups in total. The minimum absolute atomic E-state index is 0.142. The van der Waals surface area contributed by atoms with E-state index in [0.29, 0.717) is 12.1 Å². The molecular weight excluding hydrogens is 138 g/mol. The summed E-state index contributed by atoms with van der Waals surface area (Å²) in [7, 11) is 0. The number of allylic oxidation sites excluding steroid dienone is 2. The van der Waals surface area contributed by atoms with Crippen molar-refractivity contribution in [3.8, 4) is 0 Å². The molecule has 0 radical (unpaired) electrons. The Kier molecular flexibility index (Phi) is 1.70. The molecule has 0 spiro atoms. The lowest BCUT2D eigenvalue weighted by atomic mass is 9.75. The number of nitrogens with one attached hydrogen (secondary N) is 1. The van der Waals surface area contributed by atoms with Gasteiger partial charge in [0.1, 0.15) is 0 Å². The van der Waals surface area contributed by atoms with Crippen molar-refractivity contribution in [1.82, 2.24) is 0 Å². The van der Waals surface area contributed by atoms with Crippen molar-refractivity contribution in [2.24, 2.45) is 5.41 Å². The maximum atomic E-state index is 11.1. The highest BCUT2D eigenvalue weighted by molar-refractivity contribution is 6.12. The number of rotatable bonds is 0. The van der Waals surface area contributed by atoms with Crippen molar-refractivity contribution in [2.45, 2.75) is 27.2 Å². The zero-order chi connectivity index (χ0) is 8.65. The molecule has 0 saturated carbocycles. The van der Waals surface area contributed by atoms with Crippen molar-refractivity contribution in [3.63, 3.8) is 0 Å². The highest BCUT2D eigenvalue weighted by atomic mass is 16.1. The normalized spacial score (nSPS) is 23.4. The predicted molar refractivity (Wildman–Crippen MR) is 44.9 cm³/mol. The molecule has 0 heterocycles. The molecule has 0 unspecified atom stereocenters. The topological polar surface area (TPSA) is 40.9 Å². The van der Waals surface area contributed by atoms with Gasteiger partial charge in [-0.05, 0) is 18.6 Å². The first kappa shape index (κ1) is 8.18. The molecule has 2 nitrogen and oxygen atoms in total. The molecule has 60 valence electrons. The van der Waals surface area contributed by atoms with Gasteiger partial charge in [-0.25, -0.2) is 0 Å². The van der Waals surface area contributed by atoms with Crippen LogP contribution in [0.3, 0.4) is 0 Å². The second kappa shape index (κ2) is 2.29. The van der Waals surface area contributed by atoms with Gasteiger partial charge in [-0.1, -0.05) is 13.8 Å². The molecule has 0 amide bonds. The summed E-state index contributed by atoms with van der Waals surface area (Å²) >= 11 is 0. The van der Waals surface area contributed by atoms with E-state index in [4.69, 9.17) is 5.41 Å². The second-order valence-electron chi connectivity index (χ2n) is 3.73. The van der Waals surface area contributed by atoms with Crippen LogP contribution in [0.25, 0.3) is 0 Å². The van der Waals surface area contributed by atoms with Crippen LogP contribution in [0, 0.1) is 10.8 Å². The van der Waals surface area contributed by atoms with Crippen molar-refractivity contribution in [3.05, 3.63) is 11.6 Å². The van der Waals surface area contributed by atoms with Gasteiger partial charge in [0, 0.05) is 17.5 Å². The maximum Gasteiger partial charge on any atom is 0.156 e. The van der Waals surface area contributed by atoms with Gasteiger partial charge in [-0.3, -0.25) is 4.79 Å². The summed E-state index contributed by atoms with van der Waals surface area (Å²) in [6.45, 7) is 5.69. The summed E-state index contributed by atoms with van der Waals surface area (Å²) in [5, 5.41) is 7.67. The first-order valence-corrected chi connectivity index (χ1v) is 3.74. The smallest absolute Gasteiger partial charge is 0.156 e. The minimum atomic E-state index is -0.254. The van der Waals surface area contributed by atoms with E-state index in [-0.39, 0.29) is 11.2 Å². The van der Waals surface area contributed by atoms with Crippen LogP contribution in [-0.2, 0) is 4.79 Å². The number of ketones is 1. The second-order valence-corrected chi connectivity index (χ2v) is 3.73. The number of hydrogen-bond acceptors (Lipinski definition) is 2. The Labute approximate surface area is 66.8 Å². The molecule has 0 aliphatic heterocycles.